The molecule has 7 rings (SSSR count). The van der Waals surface area contributed by atoms with Gasteiger partial charge in [0.05, 0.1) is 16.7 Å². The molecule has 2 heterocycles. The van der Waals surface area contributed by atoms with E-state index in [2.05, 4.69) is 10.2 Å². The molecule has 1 saturated heterocycles. The van der Waals surface area contributed by atoms with E-state index in [1.807, 2.05) is 6.07 Å². The molecule has 3 fully saturated rings. The number of likely N-dealkylation sites (tertiary alicyclic amines) is 1. The Morgan fingerprint density at radius 2 is 2.03 bits per heavy atom. The van der Waals surface area contributed by atoms with Gasteiger partial charge in [0.2, 0.25) is 5.91 Å². The predicted octanol–water partition coefficient (Wildman–Crippen LogP) is 2.67. The molecule has 2 aromatic rings. The van der Waals surface area contributed by atoms with Crippen molar-refractivity contribution in [2.24, 2.45) is 11.8 Å². The number of carbonyl (C=O) groups excluding carboxylic acids is 2. The van der Waals surface area contributed by atoms with E-state index in [0.717, 1.165) is 37.1 Å². The lowest BCUT2D eigenvalue weighted by Gasteiger charge is -2.63. The maximum absolute atomic E-state index is 14.3. The third kappa shape index (κ3) is 2.78. The molecular weight excluding hydrogens is 470 g/mol. The van der Waals surface area contributed by atoms with Gasteiger partial charge in [-0.3, -0.25) is 14.5 Å². The summed E-state index contributed by atoms with van der Waals surface area (Å²) in [5, 5.41) is 25.6. The number of Topliss-reactive ketones (excluding diaryl/α,β-unsaturated/α-hetero) is 1. The predicted molar refractivity (Wildman–Crippen MR) is 124 cm³/mol. The van der Waals surface area contributed by atoms with E-state index in [-0.39, 0.29) is 29.6 Å². The zero-order chi connectivity index (χ0) is 25.0. The van der Waals surface area contributed by atoms with E-state index in [4.69, 9.17) is 4.74 Å². The molecule has 7 nitrogen and oxygen atoms in total. The number of ether oxygens (including phenoxy) is 1. The van der Waals surface area contributed by atoms with Crippen LogP contribution in [0.3, 0.4) is 0 Å². The lowest BCUT2D eigenvalue weighted by Crippen LogP contribution is -2.78. The minimum Gasteiger partial charge on any atom is -0.504 e. The fourth-order valence-electron chi connectivity index (χ4n) is 7.33. The number of rotatable bonds is 4. The molecule has 36 heavy (non-hydrogen) atoms. The summed E-state index contributed by atoms with van der Waals surface area (Å²) in [6, 6.07) is 5.85. The number of nitrogens with one attached hydrogen (secondary N) is 1. The van der Waals surface area contributed by atoms with E-state index in [9.17, 15) is 28.6 Å². The first kappa shape index (κ1) is 22.2. The van der Waals surface area contributed by atoms with Crippen LogP contribution in [0, 0.1) is 23.5 Å². The Kier molecular flexibility index (Phi) is 4.47. The summed E-state index contributed by atoms with van der Waals surface area (Å²) in [5.41, 5.74) is -1.13. The van der Waals surface area contributed by atoms with Crippen LogP contribution in [0.4, 0.5) is 14.5 Å². The highest BCUT2D eigenvalue weighted by atomic mass is 19.1. The summed E-state index contributed by atoms with van der Waals surface area (Å²) in [6.45, 7) is 1.53. The van der Waals surface area contributed by atoms with Crippen LogP contribution >= 0.6 is 0 Å². The number of anilines is 1. The summed E-state index contributed by atoms with van der Waals surface area (Å²) in [4.78, 5) is 29.4. The Labute approximate surface area is 206 Å². The van der Waals surface area contributed by atoms with Crippen molar-refractivity contribution < 1.29 is 33.3 Å². The maximum atomic E-state index is 14.3. The number of aromatic hydroxyl groups is 1. The van der Waals surface area contributed by atoms with Crippen LogP contribution in [-0.2, 0) is 21.4 Å². The molecule has 3 aliphatic carbocycles. The van der Waals surface area contributed by atoms with Crippen molar-refractivity contribution in [1.82, 2.24) is 4.90 Å². The van der Waals surface area contributed by atoms with E-state index in [1.54, 1.807) is 6.07 Å². The van der Waals surface area contributed by atoms with Gasteiger partial charge in [0.1, 0.15) is 17.6 Å². The molecule has 2 aromatic carbocycles. The van der Waals surface area contributed by atoms with Gasteiger partial charge < -0.3 is 20.3 Å². The van der Waals surface area contributed by atoms with Crippen molar-refractivity contribution in [2.45, 2.75) is 55.3 Å². The fraction of sp³-hybridized carbons (Fsp3) is 0.481. The highest BCUT2D eigenvalue weighted by Crippen LogP contribution is 2.65. The number of benzene rings is 2. The standard InChI is InChI=1S/C27H26F2N2O5/c28-15-4-5-18(17(29)10-15)30-25(34)16-11-27(35)20-9-14-3-6-19(32)23-21(14)26(27,24(36-23)22(16)33)7-8-31(20)12-13-1-2-13/h3-6,10,13,16,20,24,32,35H,1-2,7-9,11-12H2,(H,30,34)/t16?,20-,24+,26+,27-/m1/s1. The van der Waals surface area contributed by atoms with Crippen LogP contribution in [0.15, 0.2) is 30.3 Å². The molecule has 5 aliphatic rings. The van der Waals surface area contributed by atoms with Gasteiger partial charge in [0.15, 0.2) is 23.4 Å². The molecule has 5 atom stereocenters. The molecule has 1 amide bonds. The number of amides is 1. The van der Waals surface area contributed by atoms with Crippen molar-refractivity contribution >= 4 is 17.4 Å². The van der Waals surface area contributed by atoms with Gasteiger partial charge in [0.25, 0.3) is 0 Å². The number of nitrogens with zero attached hydrogens (tertiary/aromatic N) is 1. The lowest BCUT2D eigenvalue weighted by molar-refractivity contribution is -0.197. The topological polar surface area (TPSA) is 99.1 Å². The SMILES string of the molecule is O=C(Nc1ccc(F)cc1F)C1C[C@@]2(O)[C@H]3Cc4ccc(O)c5c4[C@@]2(CCN3CC2CC2)[C@@H](O5)C1=O. The molecule has 1 spiro atoms. The summed E-state index contributed by atoms with van der Waals surface area (Å²) in [6.07, 6.45) is 2.00. The van der Waals surface area contributed by atoms with Crippen molar-refractivity contribution in [3.8, 4) is 11.5 Å². The Bertz CT molecular complexity index is 1330. The molecular formula is C27H26F2N2O5. The fourth-order valence-corrected chi connectivity index (χ4v) is 7.33. The first-order chi connectivity index (χ1) is 17.2. The Morgan fingerprint density at radius 3 is 2.78 bits per heavy atom. The number of hydrogen-bond acceptors (Lipinski definition) is 6. The number of aliphatic hydroxyl groups is 1. The first-order valence-corrected chi connectivity index (χ1v) is 12.5. The molecule has 2 saturated carbocycles. The van der Waals surface area contributed by atoms with Gasteiger partial charge in [-0.15, -0.1) is 0 Å². The monoisotopic (exact) mass is 496 g/mol. The van der Waals surface area contributed by atoms with E-state index in [0.29, 0.717) is 36.9 Å². The van der Waals surface area contributed by atoms with Gasteiger partial charge >= 0.3 is 0 Å². The number of phenolic OH excluding ortho intramolecular Hbond substituents is 1. The normalized spacial score (nSPS) is 34.2. The lowest BCUT2D eigenvalue weighted by atomic mass is 9.47. The Hall–Kier alpha value is -3.04. The molecule has 188 valence electrons. The van der Waals surface area contributed by atoms with Crippen molar-refractivity contribution in [3.05, 3.63) is 53.1 Å². The Morgan fingerprint density at radius 1 is 1.22 bits per heavy atom. The maximum Gasteiger partial charge on any atom is 0.235 e. The molecule has 0 radical (unpaired) electrons. The summed E-state index contributed by atoms with van der Waals surface area (Å²) < 4.78 is 33.7. The van der Waals surface area contributed by atoms with Crippen molar-refractivity contribution in [2.75, 3.05) is 18.4 Å². The third-order valence-electron chi connectivity index (χ3n) is 9.14. The average molecular weight is 497 g/mol. The minimum absolute atomic E-state index is 0.0964. The molecule has 2 bridgehead atoms. The summed E-state index contributed by atoms with van der Waals surface area (Å²) in [5.74, 6) is -3.60. The van der Waals surface area contributed by atoms with E-state index < -0.39 is 46.4 Å². The van der Waals surface area contributed by atoms with Crippen LogP contribution < -0.4 is 10.1 Å². The number of phenols is 1. The minimum atomic E-state index is -1.46. The van der Waals surface area contributed by atoms with Gasteiger partial charge in [-0.25, -0.2) is 8.78 Å². The highest BCUT2D eigenvalue weighted by Gasteiger charge is 2.75. The van der Waals surface area contributed by atoms with Crippen molar-refractivity contribution in [1.29, 1.82) is 0 Å². The molecule has 0 aromatic heterocycles. The smallest absolute Gasteiger partial charge is 0.235 e. The van der Waals surface area contributed by atoms with E-state index >= 15 is 0 Å². The number of hydrogen-bond donors (Lipinski definition) is 3. The van der Waals surface area contributed by atoms with Gasteiger partial charge in [-0.1, -0.05) is 6.07 Å². The van der Waals surface area contributed by atoms with Crippen LogP contribution in [0.25, 0.3) is 0 Å². The second-order valence-electron chi connectivity index (χ2n) is 11.0. The molecule has 9 heteroatoms. The van der Waals surface area contributed by atoms with E-state index in [1.165, 1.54) is 0 Å². The van der Waals surface area contributed by atoms with Gasteiger partial charge in [-0.05, 0) is 68.3 Å². The van der Waals surface area contributed by atoms with Crippen molar-refractivity contribution in [3.63, 3.8) is 0 Å². The average Bonchev–Trinajstić information content (AvgIpc) is 3.58. The van der Waals surface area contributed by atoms with Gasteiger partial charge in [0, 0.05) is 24.2 Å². The number of piperidine rings is 1. The molecule has 2 aliphatic heterocycles. The molecule has 1 unspecified atom stereocenters. The second kappa shape index (κ2) is 7.26. The van der Waals surface area contributed by atoms with Crippen LogP contribution in [0.2, 0.25) is 0 Å². The largest absolute Gasteiger partial charge is 0.504 e. The highest BCUT2D eigenvalue weighted by molar-refractivity contribution is 6.10. The quantitative estimate of drug-likeness (QED) is 0.563. The second-order valence-corrected chi connectivity index (χ2v) is 11.0. The Balaban J connectivity index is 1.31. The zero-order valence-corrected chi connectivity index (χ0v) is 19.5. The summed E-state index contributed by atoms with van der Waals surface area (Å²) >= 11 is 0. The van der Waals surface area contributed by atoms with Crippen LogP contribution in [-0.4, -0.2) is 57.6 Å². The van der Waals surface area contributed by atoms with Crippen LogP contribution in [0.1, 0.15) is 36.8 Å². The summed E-state index contributed by atoms with van der Waals surface area (Å²) in [7, 11) is 0. The number of ketones is 1. The number of carbonyl (C=O) groups is 2. The zero-order valence-electron chi connectivity index (χ0n) is 19.5. The number of halogens is 2. The van der Waals surface area contributed by atoms with Gasteiger partial charge in [-0.2, -0.15) is 0 Å². The first-order valence-electron chi connectivity index (χ1n) is 12.5. The molecule has 3 N–H and O–H groups in total. The third-order valence-corrected chi connectivity index (χ3v) is 9.14. The van der Waals surface area contributed by atoms with Crippen LogP contribution in [0.5, 0.6) is 11.5 Å².